The predicted molar refractivity (Wildman–Crippen MR) is 89.7 cm³/mol. The summed E-state index contributed by atoms with van der Waals surface area (Å²) in [6.07, 6.45) is 0.799. The van der Waals surface area contributed by atoms with E-state index in [1.165, 1.54) is 0 Å². The van der Waals surface area contributed by atoms with Gasteiger partial charge < -0.3 is 9.47 Å². The molecule has 0 aromatic heterocycles. The second-order valence-electron chi connectivity index (χ2n) is 4.94. The summed E-state index contributed by atoms with van der Waals surface area (Å²) in [6.45, 7) is 3.14. The lowest BCUT2D eigenvalue weighted by atomic mass is 10.2. The standard InChI is InChI=1S/C18H18BrNO2/c1-2-17(13-21-12-14-6-4-3-5-7-14)22-18-9-15(11-20)8-16(19)10-18/h3-10,17H,2,12-13H2,1H3. The third-order valence-electron chi connectivity index (χ3n) is 3.17. The molecular weight excluding hydrogens is 342 g/mol. The van der Waals surface area contributed by atoms with Gasteiger partial charge in [0.2, 0.25) is 0 Å². The highest BCUT2D eigenvalue weighted by molar-refractivity contribution is 9.10. The maximum absolute atomic E-state index is 8.99. The number of rotatable bonds is 7. The summed E-state index contributed by atoms with van der Waals surface area (Å²) in [6, 6.07) is 17.5. The van der Waals surface area contributed by atoms with Crippen LogP contribution in [0.15, 0.2) is 53.0 Å². The van der Waals surface area contributed by atoms with Crippen molar-refractivity contribution < 1.29 is 9.47 Å². The molecule has 4 heteroatoms. The van der Waals surface area contributed by atoms with Gasteiger partial charge in [-0.05, 0) is 30.2 Å². The van der Waals surface area contributed by atoms with E-state index in [1.54, 1.807) is 12.1 Å². The molecule has 0 bridgehead atoms. The summed E-state index contributed by atoms with van der Waals surface area (Å²) in [5.74, 6) is 0.682. The van der Waals surface area contributed by atoms with E-state index in [0.29, 0.717) is 24.5 Å². The Morgan fingerprint density at radius 3 is 2.64 bits per heavy atom. The van der Waals surface area contributed by atoms with E-state index in [-0.39, 0.29) is 6.10 Å². The van der Waals surface area contributed by atoms with Crippen LogP contribution < -0.4 is 4.74 Å². The average molecular weight is 360 g/mol. The smallest absolute Gasteiger partial charge is 0.122 e. The number of halogens is 1. The molecular formula is C18H18BrNO2. The van der Waals surface area contributed by atoms with E-state index in [1.807, 2.05) is 36.4 Å². The number of nitrogens with zero attached hydrogens (tertiary/aromatic N) is 1. The highest BCUT2D eigenvalue weighted by atomic mass is 79.9. The number of hydrogen-bond acceptors (Lipinski definition) is 3. The van der Waals surface area contributed by atoms with Gasteiger partial charge in [0.25, 0.3) is 0 Å². The van der Waals surface area contributed by atoms with Crippen molar-refractivity contribution in [1.29, 1.82) is 5.26 Å². The number of hydrogen-bond donors (Lipinski definition) is 0. The zero-order valence-corrected chi connectivity index (χ0v) is 14.0. The Hall–Kier alpha value is -1.83. The van der Waals surface area contributed by atoms with Crippen LogP contribution >= 0.6 is 15.9 Å². The molecule has 2 aromatic carbocycles. The van der Waals surface area contributed by atoms with Gasteiger partial charge in [0.15, 0.2) is 0 Å². The Morgan fingerprint density at radius 1 is 1.18 bits per heavy atom. The van der Waals surface area contributed by atoms with Crippen LogP contribution in [0.1, 0.15) is 24.5 Å². The lowest BCUT2D eigenvalue weighted by Crippen LogP contribution is -2.22. The van der Waals surface area contributed by atoms with Gasteiger partial charge in [-0.3, -0.25) is 0 Å². The van der Waals surface area contributed by atoms with Crippen molar-refractivity contribution in [2.45, 2.75) is 26.1 Å². The van der Waals surface area contributed by atoms with Crippen LogP contribution in [0.3, 0.4) is 0 Å². The van der Waals surface area contributed by atoms with Crippen molar-refractivity contribution in [2.75, 3.05) is 6.61 Å². The van der Waals surface area contributed by atoms with E-state index < -0.39 is 0 Å². The molecule has 2 rings (SSSR count). The third kappa shape index (κ3) is 5.18. The van der Waals surface area contributed by atoms with Crippen LogP contribution in [-0.2, 0) is 11.3 Å². The van der Waals surface area contributed by atoms with Gasteiger partial charge in [0, 0.05) is 4.47 Å². The first-order chi connectivity index (χ1) is 10.7. The van der Waals surface area contributed by atoms with E-state index in [4.69, 9.17) is 14.7 Å². The van der Waals surface area contributed by atoms with Gasteiger partial charge in [0.1, 0.15) is 11.9 Å². The summed E-state index contributed by atoms with van der Waals surface area (Å²) in [4.78, 5) is 0. The van der Waals surface area contributed by atoms with Crippen LogP contribution in [0.5, 0.6) is 5.75 Å². The summed E-state index contributed by atoms with van der Waals surface area (Å²) >= 11 is 3.39. The van der Waals surface area contributed by atoms with Gasteiger partial charge in [-0.25, -0.2) is 0 Å². The van der Waals surface area contributed by atoms with Crippen molar-refractivity contribution in [2.24, 2.45) is 0 Å². The first-order valence-electron chi connectivity index (χ1n) is 7.20. The van der Waals surface area contributed by atoms with Gasteiger partial charge >= 0.3 is 0 Å². The van der Waals surface area contributed by atoms with E-state index in [0.717, 1.165) is 16.5 Å². The van der Waals surface area contributed by atoms with Crippen LogP contribution in [0.4, 0.5) is 0 Å². The van der Waals surface area contributed by atoms with Crippen LogP contribution in [0, 0.1) is 11.3 Å². The normalized spacial score (nSPS) is 11.7. The Bertz CT molecular complexity index is 637. The lowest BCUT2D eigenvalue weighted by molar-refractivity contribution is 0.0394. The summed E-state index contributed by atoms with van der Waals surface area (Å²) in [7, 11) is 0. The van der Waals surface area contributed by atoms with Gasteiger partial charge in [-0.2, -0.15) is 5.26 Å². The minimum Gasteiger partial charge on any atom is -0.488 e. The Balaban J connectivity index is 1.89. The summed E-state index contributed by atoms with van der Waals surface area (Å²) < 4.78 is 12.5. The zero-order valence-electron chi connectivity index (χ0n) is 12.5. The monoisotopic (exact) mass is 359 g/mol. The van der Waals surface area contributed by atoms with Crippen molar-refractivity contribution in [3.05, 3.63) is 64.1 Å². The number of nitriles is 1. The van der Waals surface area contributed by atoms with Gasteiger partial charge in [-0.15, -0.1) is 0 Å². The molecule has 1 atom stereocenters. The van der Waals surface area contributed by atoms with Crippen molar-refractivity contribution in [3.8, 4) is 11.8 Å². The van der Waals surface area contributed by atoms with Crippen molar-refractivity contribution in [3.63, 3.8) is 0 Å². The molecule has 0 N–H and O–H groups in total. The first-order valence-corrected chi connectivity index (χ1v) is 7.99. The Kier molecular flexibility index (Phi) is 6.45. The molecule has 0 radical (unpaired) electrons. The summed E-state index contributed by atoms with van der Waals surface area (Å²) in [5.41, 5.74) is 1.72. The lowest BCUT2D eigenvalue weighted by Gasteiger charge is -2.18. The molecule has 0 spiro atoms. The van der Waals surface area contributed by atoms with Gasteiger partial charge in [0.05, 0.1) is 24.8 Å². The second kappa shape index (κ2) is 8.57. The second-order valence-corrected chi connectivity index (χ2v) is 5.85. The predicted octanol–water partition coefficient (Wildman–Crippen LogP) is 4.69. The quantitative estimate of drug-likeness (QED) is 0.719. The summed E-state index contributed by atoms with van der Waals surface area (Å²) in [5, 5.41) is 8.99. The SMILES string of the molecule is CCC(COCc1ccccc1)Oc1cc(Br)cc(C#N)c1. The topological polar surface area (TPSA) is 42.2 Å². The van der Waals surface area contributed by atoms with E-state index >= 15 is 0 Å². The van der Waals surface area contributed by atoms with Crippen molar-refractivity contribution >= 4 is 15.9 Å². The molecule has 0 fully saturated rings. The zero-order chi connectivity index (χ0) is 15.8. The fraction of sp³-hybridized carbons (Fsp3) is 0.278. The van der Waals surface area contributed by atoms with E-state index in [2.05, 4.69) is 28.9 Å². The third-order valence-corrected chi connectivity index (χ3v) is 3.63. The molecule has 2 aromatic rings. The average Bonchev–Trinajstić information content (AvgIpc) is 2.54. The fourth-order valence-electron chi connectivity index (χ4n) is 2.01. The first kappa shape index (κ1) is 16.5. The molecule has 114 valence electrons. The minimum atomic E-state index is -0.0374. The van der Waals surface area contributed by atoms with Crippen LogP contribution in [-0.4, -0.2) is 12.7 Å². The highest BCUT2D eigenvalue weighted by Gasteiger charge is 2.10. The molecule has 22 heavy (non-hydrogen) atoms. The molecule has 0 saturated carbocycles. The number of benzene rings is 2. The molecule has 1 unspecified atom stereocenters. The van der Waals surface area contributed by atoms with E-state index in [9.17, 15) is 0 Å². The Morgan fingerprint density at radius 2 is 1.95 bits per heavy atom. The van der Waals surface area contributed by atoms with Gasteiger partial charge in [-0.1, -0.05) is 53.2 Å². The van der Waals surface area contributed by atoms with Crippen molar-refractivity contribution in [1.82, 2.24) is 0 Å². The van der Waals surface area contributed by atoms with Crippen LogP contribution in [0.2, 0.25) is 0 Å². The highest BCUT2D eigenvalue weighted by Crippen LogP contribution is 2.22. The Labute approximate surface area is 139 Å². The largest absolute Gasteiger partial charge is 0.488 e. The molecule has 0 aliphatic rings. The van der Waals surface area contributed by atoms with Crippen LogP contribution in [0.25, 0.3) is 0 Å². The molecule has 0 aliphatic carbocycles. The maximum Gasteiger partial charge on any atom is 0.122 e. The minimum absolute atomic E-state index is 0.0374. The maximum atomic E-state index is 8.99. The molecule has 0 amide bonds. The number of ether oxygens (including phenoxy) is 2. The molecule has 3 nitrogen and oxygen atoms in total. The molecule has 0 heterocycles. The molecule has 0 saturated heterocycles. The fourth-order valence-corrected chi connectivity index (χ4v) is 2.48. The molecule has 0 aliphatic heterocycles.